The number of carbonyl (C=O) groups excluding carboxylic acids is 1. The number of rotatable bonds is 5. The molecule has 5 nitrogen and oxygen atoms in total. The minimum absolute atomic E-state index is 0.0201. The highest BCUT2D eigenvalue weighted by atomic mass is 32.2. The van der Waals surface area contributed by atoms with Crippen molar-refractivity contribution >= 4 is 17.7 Å². The first-order valence-corrected chi connectivity index (χ1v) is 7.70. The third-order valence-electron chi connectivity index (χ3n) is 3.22. The van der Waals surface area contributed by atoms with Gasteiger partial charge in [0.2, 0.25) is 5.91 Å². The summed E-state index contributed by atoms with van der Waals surface area (Å²) in [6.45, 7) is 5.78. The number of nitrogens with zero attached hydrogens (tertiary/aromatic N) is 3. The van der Waals surface area contributed by atoms with Gasteiger partial charge in [0.1, 0.15) is 5.76 Å². The Morgan fingerprint density at radius 1 is 1.38 bits per heavy atom. The number of thioether (sulfide) groups is 1. The average Bonchev–Trinajstić information content (AvgIpc) is 2.96. The number of aryl methyl sites for hydroxylation is 2. The molecule has 1 atom stereocenters. The fourth-order valence-electron chi connectivity index (χ4n) is 1.92. The van der Waals surface area contributed by atoms with Gasteiger partial charge in [0.15, 0.2) is 5.16 Å². The zero-order chi connectivity index (χ0) is 15.4. The lowest BCUT2D eigenvalue weighted by Crippen LogP contribution is -2.30. The van der Waals surface area contributed by atoms with E-state index in [0.29, 0.717) is 10.9 Å². The van der Waals surface area contributed by atoms with Gasteiger partial charge in [-0.3, -0.25) is 4.79 Å². The number of amides is 1. The van der Waals surface area contributed by atoms with Crippen LogP contribution in [0.4, 0.5) is 0 Å². The van der Waals surface area contributed by atoms with Crippen molar-refractivity contribution < 1.29 is 9.21 Å². The Morgan fingerprint density at radius 3 is 2.62 bits per heavy atom. The molecule has 2 aromatic heterocycles. The second-order valence-electron chi connectivity index (χ2n) is 4.92. The van der Waals surface area contributed by atoms with Crippen LogP contribution in [0, 0.1) is 13.8 Å². The molecule has 0 radical (unpaired) electrons. The molecule has 1 amide bonds. The first-order valence-electron chi connectivity index (χ1n) is 6.71. The number of carbonyl (C=O) groups is 1. The summed E-state index contributed by atoms with van der Waals surface area (Å²) in [5, 5.41) is 0.639. The normalized spacial score (nSPS) is 12.2. The van der Waals surface area contributed by atoms with Gasteiger partial charge in [-0.05, 0) is 39.0 Å². The first-order chi connectivity index (χ1) is 9.97. The van der Waals surface area contributed by atoms with Crippen LogP contribution in [0.15, 0.2) is 34.0 Å². The Hall–Kier alpha value is -1.82. The van der Waals surface area contributed by atoms with E-state index in [9.17, 15) is 4.79 Å². The lowest BCUT2D eigenvalue weighted by molar-refractivity contribution is -0.129. The highest BCUT2D eigenvalue weighted by Gasteiger charge is 2.19. The fourth-order valence-corrected chi connectivity index (χ4v) is 2.80. The molecule has 21 heavy (non-hydrogen) atoms. The maximum Gasteiger partial charge on any atom is 0.233 e. The standard InChI is InChI=1S/C15H19N3O2S/c1-10-8-11(2)17-15(16-10)21-9-14(19)18(4)12(3)13-6-5-7-20-13/h5-8,12H,9H2,1-4H3. The molecule has 0 spiro atoms. The molecule has 0 aliphatic carbocycles. The molecule has 6 heteroatoms. The summed E-state index contributed by atoms with van der Waals surface area (Å²) in [4.78, 5) is 22.6. The summed E-state index contributed by atoms with van der Waals surface area (Å²) >= 11 is 1.36. The lowest BCUT2D eigenvalue weighted by Gasteiger charge is -2.23. The van der Waals surface area contributed by atoms with Crippen LogP contribution in [0.2, 0.25) is 0 Å². The molecule has 0 saturated heterocycles. The minimum Gasteiger partial charge on any atom is -0.467 e. The molecule has 0 aliphatic rings. The summed E-state index contributed by atoms with van der Waals surface area (Å²) in [6.07, 6.45) is 1.61. The second kappa shape index (κ2) is 6.76. The second-order valence-corrected chi connectivity index (χ2v) is 5.86. The number of aromatic nitrogens is 2. The third-order valence-corrected chi connectivity index (χ3v) is 4.05. The van der Waals surface area contributed by atoms with Gasteiger partial charge >= 0.3 is 0 Å². The summed E-state index contributed by atoms with van der Waals surface area (Å²) in [5.74, 6) is 1.11. The SMILES string of the molecule is Cc1cc(C)nc(SCC(=O)N(C)C(C)c2ccco2)n1. The molecule has 112 valence electrons. The van der Waals surface area contributed by atoms with Crippen molar-refractivity contribution in [2.24, 2.45) is 0 Å². The first kappa shape index (κ1) is 15.6. The van der Waals surface area contributed by atoms with Crippen molar-refractivity contribution in [1.29, 1.82) is 0 Å². The summed E-state index contributed by atoms with van der Waals surface area (Å²) in [7, 11) is 1.78. The molecule has 2 rings (SSSR count). The van der Waals surface area contributed by atoms with Crippen molar-refractivity contribution in [2.75, 3.05) is 12.8 Å². The topological polar surface area (TPSA) is 59.2 Å². The van der Waals surface area contributed by atoms with Crippen molar-refractivity contribution in [3.8, 4) is 0 Å². The average molecular weight is 305 g/mol. The van der Waals surface area contributed by atoms with Gasteiger partial charge in [0, 0.05) is 18.4 Å². The molecule has 0 saturated carbocycles. The van der Waals surface area contributed by atoms with Crippen LogP contribution in [0.1, 0.15) is 30.1 Å². The number of hydrogen-bond donors (Lipinski definition) is 0. The Morgan fingerprint density at radius 2 is 2.05 bits per heavy atom. The van der Waals surface area contributed by atoms with Crippen LogP contribution >= 0.6 is 11.8 Å². The summed E-state index contributed by atoms with van der Waals surface area (Å²) in [6, 6.07) is 5.52. The van der Waals surface area contributed by atoms with Gasteiger partial charge in [0.25, 0.3) is 0 Å². The van der Waals surface area contributed by atoms with Gasteiger partial charge in [-0.15, -0.1) is 0 Å². The molecule has 0 bridgehead atoms. The predicted molar refractivity (Wildman–Crippen MR) is 82.1 cm³/mol. The molecule has 1 unspecified atom stereocenters. The van der Waals surface area contributed by atoms with Crippen LogP contribution in [-0.2, 0) is 4.79 Å². The van der Waals surface area contributed by atoms with E-state index in [0.717, 1.165) is 17.1 Å². The Bertz CT molecular complexity index is 593. The van der Waals surface area contributed by atoms with Gasteiger partial charge in [-0.2, -0.15) is 0 Å². The number of hydrogen-bond acceptors (Lipinski definition) is 5. The van der Waals surface area contributed by atoms with E-state index < -0.39 is 0 Å². The molecular weight excluding hydrogens is 286 g/mol. The van der Waals surface area contributed by atoms with E-state index in [2.05, 4.69) is 9.97 Å². The van der Waals surface area contributed by atoms with Gasteiger partial charge < -0.3 is 9.32 Å². The van der Waals surface area contributed by atoms with Crippen LogP contribution in [-0.4, -0.2) is 33.6 Å². The Kier molecular flexibility index (Phi) is 5.01. The highest BCUT2D eigenvalue weighted by Crippen LogP contribution is 2.21. The van der Waals surface area contributed by atoms with E-state index >= 15 is 0 Å². The van der Waals surface area contributed by atoms with E-state index in [1.54, 1.807) is 18.2 Å². The minimum atomic E-state index is -0.0896. The third kappa shape index (κ3) is 4.07. The van der Waals surface area contributed by atoms with Crippen LogP contribution in [0.25, 0.3) is 0 Å². The summed E-state index contributed by atoms with van der Waals surface area (Å²) < 4.78 is 5.34. The smallest absolute Gasteiger partial charge is 0.233 e. The molecule has 0 aromatic carbocycles. The summed E-state index contributed by atoms with van der Waals surface area (Å²) in [5.41, 5.74) is 1.82. The van der Waals surface area contributed by atoms with Crippen molar-refractivity contribution in [3.05, 3.63) is 41.6 Å². The van der Waals surface area contributed by atoms with Crippen molar-refractivity contribution in [3.63, 3.8) is 0 Å². The van der Waals surface area contributed by atoms with Gasteiger partial charge in [0.05, 0.1) is 18.1 Å². The van der Waals surface area contributed by atoms with Crippen LogP contribution in [0.3, 0.4) is 0 Å². The lowest BCUT2D eigenvalue weighted by atomic mass is 10.2. The molecule has 0 aliphatic heterocycles. The quantitative estimate of drug-likeness (QED) is 0.628. The fraction of sp³-hybridized carbons (Fsp3) is 0.400. The zero-order valence-electron chi connectivity index (χ0n) is 12.7. The molecule has 0 fully saturated rings. The Balaban J connectivity index is 1.95. The predicted octanol–water partition coefficient (Wildman–Crippen LogP) is 3.00. The van der Waals surface area contributed by atoms with E-state index in [4.69, 9.17) is 4.42 Å². The van der Waals surface area contributed by atoms with Crippen molar-refractivity contribution in [1.82, 2.24) is 14.9 Å². The number of furan rings is 1. The molecule has 0 N–H and O–H groups in total. The monoisotopic (exact) mass is 305 g/mol. The van der Waals surface area contributed by atoms with E-state index in [1.807, 2.05) is 39.0 Å². The van der Waals surface area contributed by atoms with Crippen molar-refractivity contribution in [2.45, 2.75) is 32.0 Å². The van der Waals surface area contributed by atoms with Gasteiger partial charge in [-0.25, -0.2) is 9.97 Å². The van der Waals surface area contributed by atoms with Gasteiger partial charge in [-0.1, -0.05) is 11.8 Å². The van der Waals surface area contributed by atoms with Crippen LogP contribution < -0.4 is 0 Å². The zero-order valence-corrected chi connectivity index (χ0v) is 13.5. The van der Waals surface area contributed by atoms with Crippen LogP contribution in [0.5, 0.6) is 0 Å². The van der Waals surface area contributed by atoms with E-state index in [-0.39, 0.29) is 11.9 Å². The maximum atomic E-state index is 12.2. The Labute approximate surface area is 128 Å². The molecular formula is C15H19N3O2S. The highest BCUT2D eigenvalue weighted by molar-refractivity contribution is 7.99. The molecule has 2 aromatic rings. The van der Waals surface area contributed by atoms with E-state index in [1.165, 1.54) is 11.8 Å². The molecule has 2 heterocycles. The largest absolute Gasteiger partial charge is 0.467 e. The maximum absolute atomic E-state index is 12.2.